The van der Waals surface area contributed by atoms with Gasteiger partial charge in [-0.3, -0.25) is 9.80 Å². The van der Waals surface area contributed by atoms with Crippen molar-refractivity contribution in [3.8, 4) is 0 Å². The predicted octanol–water partition coefficient (Wildman–Crippen LogP) is 5.46. The van der Waals surface area contributed by atoms with E-state index in [0.717, 1.165) is 25.8 Å². The standard InChI is InChI=1S/C27H37N3O2/c1-27(2,3)32-26(31)30-18-12-17-22(30)19-23-28(4)24(20-13-8-6-9-14-20)25(29(23)5)21-15-10-7-11-16-21/h6-11,13-16,22-25H,12,17-19H2,1-5H3/t22-,24-,25-/m1/s1. The summed E-state index contributed by atoms with van der Waals surface area (Å²) in [5.74, 6) is 0. The Bertz CT molecular complexity index is 845. The second kappa shape index (κ2) is 9.24. The molecule has 2 aliphatic heterocycles. The number of rotatable bonds is 4. The quantitative estimate of drug-likeness (QED) is 0.639. The zero-order valence-corrected chi connectivity index (χ0v) is 20.1. The summed E-state index contributed by atoms with van der Waals surface area (Å²) in [6.07, 6.45) is 3.04. The van der Waals surface area contributed by atoms with Crippen LogP contribution in [0.25, 0.3) is 0 Å². The molecule has 3 atom stereocenters. The van der Waals surface area contributed by atoms with Gasteiger partial charge in [-0.1, -0.05) is 60.7 Å². The van der Waals surface area contributed by atoms with Gasteiger partial charge in [-0.15, -0.1) is 0 Å². The van der Waals surface area contributed by atoms with Gasteiger partial charge in [0.15, 0.2) is 0 Å². The Morgan fingerprint density at radius 1 is 0.906 bits per heavy atom. The van der Waals surface area contributed by atoms with Crippen LogP contribution in [-0.2, 0) is 4.74 Å². The summed E-state index contributed by atoms with van der Waals surface area (Å²) < 4.78 is 5.71. The summed E-state index contributed by atoms with van der Waals surface area (Å²) in [6, 6.07) is 22.3. The number of amides is 1. The molecule has 0 bridgehead atoms. The van der Waals surface area contributed by atoms with Crippen LogP contribution in [0, 0.1) is 0 Å². The smallest absolute Gasteiger partial charge is 0.410 e. The van der Waals surface area contributed by atoms with Crippen molar-refractivity contribution in [1.29, 1.82) is 0 Å². The number of benzene rings is 2. The molecule has 2 saturated heterocycles. The lowest BCUT2D eigenvalue weighted by atomic mass is 9.93. The van der Waals surface area contributed by atoms with Gasteiger partial charge in [-0.05, 0) is 65.3 Å². The van der Waals surface area contributed by atoms with Crippen LogP contribution in [0.1, 0.15) is 63.2 Å². The van der Waals surface area contributed by atoms with Crippen molar-refractivity contribution in [2.75, 3.05) is 20.6 Å². The number of likely N-dealkylation sites (N-methyl/N-ethyl adjacent to an activating group) is 2. The topological polar surface area (TPSA) is 36.0 Å². The minimum Gasteiger partial charge on any atom is -0.444 e. The monoisotopic (exact) mass is 435 g/mol. The van der Waals surface area contributed by atoms with Crippen molar-refractivity contribution in [2.24, 2.45) is 0 Å². The number of carbonyl (C=O) groups is 1. The maximum absolute atomic E-state index is 12.9. The molecular formula is C27H37N3O2. The molecule has 0 aromatic heterocycles. The predicted molar refractivity (Wildman–Crippen MR) is 128 cm³/mol. The fourth-order valence-corrected chi connectivity index (χ4v) is 5.46. The molecular weight excluding hydrogens is 398 g/mol. The van der Waals surface area contributed by atoms with Crippen molar-refractivity contribution in [3.63, 3.8) is 0 Å². The fraction of sp³-hybridized carbons (Fsp3) is 0.519. The summed E-state index contributed by atoms with van der Waals surface area (Å²) in [6.45, 7) is 6.58. The van der Waals surface area contributed by atoms with E-state index in [0.29, 0.717) is 0 Å². The number of hydrogen-bond acceptors (Lipinski definition) is 4. The van der Waals surface area contributed by atoms with E-state index >= 15 is 0 Å². The lowest BCUT2D eigenvalue weighted by Crippen LogP contribution is -2.45. The maximum Gasteiger partial charge on any atom is 0.410 e. The molecule has 1 amide bonds. The van der Waals surface area contributed by atoms with Crippen LogP contribution < -0.4 is 0 Å². The Balaban J connectivity index is 1.59. The average molecular weight is 436 g/mol. The Morgan fingerprint density at radius 3 is 1.88 bits per heavy atom. The maximum atomic E-state index is 12.9. The van der Waals surface area contributed by atoms with E-state index in [1.165, 1.54) is 11.1 Å². The molecule has 2 aromatic carbocycles. The van der Waals surface area contributed by atoms with Crippen LogP contribution in [0.15, 0.2) is 60.7 Å². The lowest BCUT2D eigenvalue weighted by Gasteiger charge is -2.34. The zero-order valence-electron chi connectivity index (χ0n) is 20.1. The van der Waals surface area contributed by atoms with Crippen LogP contribution in [0.3, 0.4) is 0 Å². The normalized spacial score (nSPS) is 25.4. The Hall–Kier alpha value is -2.37. The second-order valence-electron chi connectivity index (χ2n) is 10.2. The number of hydrogen-bond donors (Lipinski definition) is 0. The van der Waals surface area contributed by atoms with E-state index in [9.17, 15) is 4.79 Å². The van der Waals surface area contributed by atoms with Crippen LogP contribution in [0.4, 0.5) is 4.79 Å². The van der Waals surface area contributed by atoms with Gasteiger partial charge in [0.2, 0.25) is 0 Å². The molecule has 5 heteroatoms. The van der Waals surface area contributed by atoms with Gasteiger partial charge in [0.05, 0.1) is 18.2 Å². The van der Waals surface area contributed by atoms with Gasteiger partial charge < -0.3 is 9.64 Å². The highest BCUT2D eigenvalue weighted by molar-refractivity contribution is 5.69. The first-order valence-corrected chi connectivity index (χ1v) is 11.8. The number of likely N-dealkylation sites (tertiary alicyclic amines) is 1. The van der Waals surface area contributed by atoms with Crippen molar-refractivity contribution in [3.05, 3.63) is 71.8 Å². The largest absolute Gasteiger partial charge is 0.444 e. The highest BCUT2D eigenvalue weighted by atomic mass is 16.6. The van der Waals surface area contributed by atoms with Gasteiger partial charge >= 0.3 is 6.09 Å². The van der Waals surface area contributed by atoms with Gasteiger partial charge in [0, 0.05) is 12.6 Å². The molecule has 0 radical (unpaired) electrons. The number of carbonyl (C=O) groups excluding carboxylic acids is 1. The van der Waals surface area contributed by atoms with E-state index in [4.69, 9.17) is 4.74 Å². The third-order valence-electron chi connectivity index (χ3n) is 6.89. The van der Waals surface area contributed by atoms with Gasteiger partial charge in [-0.2, -0.15) is 0 Å². The molecule has 172 valence electrons. The highest BCUT2D eigenvalue weighted by Crippen LogP contribution is 2.46. The molecule has 4 rings (SSSR count). The third kappa shape index (κ3) is 4.69. The van der Waals surface area contributed by atoms with E-state index in [1.54, 1.807) is 0 Å². The molecule has 32 heavy (non-hydrogen) atoms. The Morgan fingerprint density at radius 2 is 1.41 bits per heavy atom. The van der Waals surface area contributed by atoms with E-state index in [2.05, 4.69) is 84.6 Å². The molecule has 2 heterocycles. The number of ether oxygens (including phenoxy) is 1. The van der Waals surface area contributed by atoms with Crippen molar-refractivity contribution in [2.45, 2.75) is 69.9 Å². The summed E-state index contributed by atoms with van der Waals surface area (Å²) in [4.78, 5) is 19.8. The minimum atomic E-state index is -0.470. The van der Waals surface area contributed by atoms with E-state index in [1.807, 2.05) is 25.7 Å². The average Bonchev–Trinajstić information content (AvgIpc) is 3.32. The van der Waals surface area contributed by atoms with Gasteiger partial charge in [0.25, 0.3) is 0 Å². The highest BCUT2D eigenvalue weighted by Gasteiger charge is 2.46. The molecule has 2 fully saturated rings. The SMILES string of the molecule is CN1C(C[C@H]2CCCN2C(=O)OC(C)(C)C)N(C)[C@H](c2ccccc2)[C@H]1c1ccccc1. The Labute approximate surface area is 193 Å². The molecule has 0 N–H and O–H groups in total. The first-order valence-electron chi connectivity index (χ1n) is 11.8. The van der Waals surface area contributed by atoms with E-state index < -0.39 is 5.60 Å². The third-order valence-corrected chi connectivity index (χ3v) is 6.89. The van der Waals surface area contributed by atoms with Gasteiger partial charge in [-0.25, -0.2) is 4.79 Å². The Kier molecular flexibility index (Phi) is 6.59. The van der Waals surface area contributed by atoms with Crippen LogP contribution in [-0.4, -0.2) is 59.2 Å². The number of nitrogens with zero attached hydrogens (tertiary/aromatic N) is 3. The van der Waals surface area contributed by atoms with E-state index in [-0.39, 0.29) is 30.4 Å². The zero-order chi connectivity index (χ0) is 22.9. The van der Waals surface area contributed by atoms with Crippen LogP contribution >= 0.6 is 0 Å². The summed E-state index contributed by atoms with van der Waals surface area (Å²) >= 11 is 0. The van der Waals surface area contributed by atoms with Crippen LogP contribution in [0.5, 0.6) is 0 Å². The molecule has 0 unspecified atom stereocenters. The minimum absolute atomic E-state index is 0.178. The molecule has 0 spiro atoms. The van der Waals surface area contributed by atoms with Gasteiger partial charge in [0.1, 0.15) is 5.60 Å². The first-order chi connectivity index (χ1) is 15.3. The lowest BCUT2D eigenvalue weighted by molar-refractivity contribution is 0.0173. The fourth-order valence-electron chi connectivity index (χ4n) is 5.46. The first kappa shape index (κ1) is 22.8. The molecule has 5 nitrogen and oxygen atoms in total. The summed E-state index contributed by atoms with van der Waals surface area (Å²) in [5, 5.41) is 0. The molecule has 2 aliphatic rings. The molecule has 2 aromatic rings. The van der Waals surface area contributed by atoms with Crippen molar-refractivity contribution in [1.82, 2.24) is 14.7 Å². The van der Waals surface area contributed by atoms with Crippen molar-refractivity contribution >= 4 is 6.09 Å². The van der Waals surface area contributed by atoms with Crippen molar-refractivity contribution < 1.29 is 9.53 Å². The second-order valence-corrected chi connectivity index (χ2v) is 10.2. The summed E-state index contributed by atoms with van der Waals surface area (Å²) in [5.41, 5.74) is 2.18. The summed E-state index contributed by atoms with van der Waals surface area (Å²) in [7, 11) is 4.46. The molecule has 0 aliphatic carbocycles. The molecule has 0 saturated carbocycles. The van der Waals surface area contributed by atoms with Crippen LogP contribution in [0.2, 0.25) is 0 Å².